The maximum Gasteiger partial charge on any atom is 0.255 e. The Morgan fingerprint density at radius 1 is 1.24 bits per heavy atom. The molecule has 7 nitrogen and oxygen atoms in total. The summed E-state index contributed by atoms with van der Waals surface area (Å²) in [5.41, 5.74) is 2.41. The normalized spacial score (nSPS) is 15.1. The van der Waals surface area contributed by atoms with E-state index in [0.717, 1.165) is 5.75 Å². The first kappa shape index (κ1) is 23.5. The molecule has 3 aromatic rings. The number of carbonyl (C=O) groups excluding carboxylic acids is 1. The second kappa shape index (κ2) is 10.1. The number of ether oxygens (including phenoxy) is 1. The van der Waals surface area contributed by atoms with E-state index in [-0.39, 0.29) is 5.91 Å². The molecule has 2 N–H and O–H groups in total. The molecule has 0 saturated carbocycles. The highest BCUT2D eigenvalue weighted by atomic mass is 35.5. The van der Waals surface area contributed by atoms with Crippen LogP contribution < -0.4 is 15.4 Å². The smallest absolute Gasteiger partial charge is 0.255 e. The number of hydrogen-bond donors (Lipinski definition) is 2. The van der Waals surface area contributed by atoms with Crippen molar-refractivity contribution >= 4 is 52.5 Å². The molecule has 1 aliphatic rings. The van der Waals surface area contributed by atoms with Crippen molar-refractivity contribution in [1.82, 2.24) is 14.8 Å². The molecule has 33 heavy (non-hydrogen) atoms. The van der Waals surface area contributed by atoms with Gasteiger partial charge in [0.05, 0.1) is 17.9 Å². The van der Waals surface area contributed by atoms with Crippen LogP contribution >= 0.6 is 35.0 Å². The first-order chi connectivity index (χ1) is 15.9. The van der Waals surface area contributed by atoms with Gasteiger partial charge in [-0.1, -0.05) is 60.1 Å². The summed E-state index contributed by atoms with van der Waals surface area (Å²) in [4.78, 5) is 18.2. The molecule has 1 aliphatic heterocycles. The Hall–Kier alpha value is -2.68. The molecule has 0 fully saturated rings. The van der Waals surface area contributed by atoms with Crippen LogP contribution in [0.15, 0.2) is 58.9 Å². The van der Waals surface area contributed by atoms with E-state index in [1.165, 1.54) is 11.8 Å². The van der Waals surface area contributed by atoms with Crippen molar-refractivity contribution < 1.29 is 9.53 Å². The number of allylic oxidation sites excluding steroid dienone is 1. The van der Waals surface area contributed by atoms with Crippen molar-refractivity contribution in [3.05, 3.63) is 69.3 Å². The number of para-hydroxylation sites is 2. The van der Waals surface area contributed by atoms with E-state index in [2.05, 4.69) is 20.7 Å². The molecule has 2 heterocycles. The monoisotopic (exact) mass is 503 g/mol. The Labute approximate surface area is 206 Å². The maximum absolute atomic E-state index is 13.6. The van der Waals surface area contributed by atoms with Crippen LogP contribution in [0.3, 0.4) is 0 Å². The summed E-state index contributed by atoms with van der Waals surface area (Å²) in [6.07, 6.45) is 0. The summed E-state index contributed by atoms with van der Waals surface area (Å²) in [5.74, 6) is 1.67. The minimum absolute atomic E-state index is 0.297. The molecule has 1 unspecified atom stereocenters. The number of anilines is 2. The molecule has 2 aromatic carbocycles. The summed E-state index contributed by atoms with van der Waals surface area (Å²) < 4.78 is 7.37. The highest BCUT2D eigenvalue weighted by Crippen LogP contribution is 2.40. The zero-order chi connectivity index (χ0) is 23.5. The lowest BCUT2D eigenvalue weighted by atomic mass is 9.95. The van der Waals surface area contributed by atoms with Gasteiger partial charge in [-0.3, -0.25) is 4.79 Å². The van der Waals surface area contributed by atoms with E-state index >= 15 is 0 Å². The van der Waals surface area contributed by atoms with Gasteiger partial charge in [0.1, 0.15) is 11.8 Å². The summed E-state index contributed by atoms with van der Waals surface area (Å²) >= 11 is 14.3. The topological polar surface area (TPSA) is 81.1 Å². The first-order valence-corrected chi connectivity index (χ1v) is 12.2. The van der Waals surface area contributed by atoms with E-state index < -0.39 is 6.04 Å². The maximum atomic E-state index is 13.6. The highest BCUT2D eigenvalue weighted by molar-refractivity contribution is 7.99. The van der Waals surface area contributed by atoms with Gasteiger partial charge < -0.3 is 15.4 Å². The van der Waals surface area contributed by atoms with Gasteiger partial charge >= 0.3 is 0 Å². The number of carbonyl (C=O) groups is 1. The van der Waals surface area contributed by atoms with Crippen LogP contribution in [0.4, 0.5) is 11.6 Å². The van der Waals surface area contributed by atoms with E-state index in [0.29, 0.717) is 56.0 Å². The Morgan fingerprint density at radius 3 is 2.76 bits per heavy atom. The lowest BCUT2D eigenvalue weighted by Crippen LogP contribution is -2.31. The molecular weight excluding hydrogens is 481 g/mol. The average molecular weight is 504 g/mol. The fourth-order valence-electron chi connectivity index (χ4n) is 3.67. The zero-order valence-corrected chi connectivity index (χ0v) is 20.7. The summed E-state index contributed by atoms with van der Waals surface area (Å²) in [6.45, 7) is 6.25. The number of amides is 1. The Bertz CT molecular complexity index is 1230. The van der Waals surface area contributed by atoms with Gasteiger partial charge in [-0.05, 0) is 43.9 Å². The lowest BCUT2D eigenvalue weighted by Gasteiger charge is -2.29. The molecular formula is C23H23Cl2N5O2S. The molecule has 0 radical (unpaired) electrons. The molecule has 4 rings (SSSR count). The summed E-state index contributed by atoms with van der Waals surface area (Å²) in [6, 6.07) is 11.9. The third-order valence-corrected chi connectivity index (χ3v) is 6.33. The number of nitrogens with zero attached hydrogens (tertiary/aromatic N) is 3. The Kier molecular flexibility index (Phi) is 7.17. The van der Waals surface area contributed by atoms with Crippen molar-refractivity contribution in [1.29, 1.82) is 0 Å². The summed E-state index contributed by atoms with van der Waals surface area (Å²) in [7, 11) is 0. The first-order valence-electron chi connectivity index (χ1n) is 10.5. The van der Waals surface area contributed by atoms with Crippen molar-refractivity contribution in [3.8, 4) is 5.75 Å². The van der Waals surface area contributed by atoms with Gasteiger partial charge in [-0.25, -0.2) is 4.68 Å². The number of fused-ring (bicyclic) bond motifs is 1. The van der Waals surface area contributed by atoms with Crippen molar-refractivity contribution in [2.75, 3.05) is 23.0 Å². The number of halogens is 2. The second-order valence-electron chi connectivity index (χ2n) is 7.21. The highest BCUT2D eigenvalue weighted by Gasteiger charge is 2.35. The Balaban J connectivity index is 1.80. The van der Waals surface area contributed by atoms with Crippen molar-refractivity contribution in [3.63, 3.8) is 0 Å². The molecule has 1 amide bonds. The van der Waals surface area contributed by atoms with Crippen molar-refractivity contribution in [2.24, 2.45) is 0 Å². The van der Waals surface area contributed by atoms with Crippen LogP contribution in [-0.2, 0) is 4.79 Å². The third-order valence-electron chi connectivity index (χ3n) is 5.04. The lowest BCUT2D eigenvalue weighted by molar-refractivity contribution is -0.113. The molecule has 0 aliphatic carbocycles. The van der Waals surface area contributed by atoms with Crippen LogP contribution in [0, 0.1) is 0 Å². The zero-order valence-electron chi connectivity index (χ0n) is 18.4. The average Bonchev–Trinajstić information content (AvgIpc) is 3.17. The van der Waals surface area contributed by atoms with Crippen LogP contribution in [0.5, 0.6) is 5.75 Å². The van der Waals surface area contributed by atoms with Crippen LogP contribution in [0.1, 0.15) is 32.4 Å². The van der Waals surface area contributed by atoms with E-state index in [4.69, 9.17) is 27.9 Å². The van der Waals surface area contributed by atoms with E-state index in [1.807, 2.05) is 45.0 Å². The minimum Gasteiger partial charge on any atom is -0.492 e. The standard InChI is InChI=1S/C23H23Cl2N5O2S/c1-4-32-18-9-7-6-8-17(18)27-21(31)19-13(3)26-22-28-23(33-5-2)29-30(22)20(19)15-11-10-14(24)12-16(15)25/h6-12,20H,4-5H2,1-3H3,(H,27,31)(H,26,28,29). The molecule has 1 aromatic heterocycles. The fraction of sp³-hybridized carbons (Fsp3) is 0.261. The van der Waals surface area contributed by atoms with Crippen LogP contribution in [0.2, 0.25) is 10.0 Å². The number of aromatic nitrogens is 3. The number of benzene rings is 2. The summed E-state index contributed by atoms with van der Waals surface area (Å²) in [5, 5.41) is 12.4. The largest absolute Gasteiger partial charge is 0.492 e. The van der Waals surface area contributed by atoms with Gasteiger partial charge in [0.15, 0.2) is 0 Å². The SMILES string of the molecule is CCOc1ccccc1NC(=O)C1=C(C)Nc2nc(SCC)nn2C1c1ccc(Cl)cc1Cl. The fourth-order valence-corrected chi connectivity index (χ4v) is 4.73. The van der Waals surface area contributed by atoms with Crippen LogP contribution in [-0.4, -0.2) is 33.0 Å². The molecule has 10 heteroatoms. The van der Waals surface area contributed by atoms with Gasteiger partial charge in [0, 0.05) is 21.3 Å². The van der Waals surface area contributed by atoms with E-state index in [1.54, 1.807) is 22.9 Å². The van der Waals surface area contributed by atoms with Gasteiger partial charge in [-0.2, -0.15) is 4.98 Å². The number of nitrogens with one attached hydrogen (secondary N) is 2. The predicted octanol–water partition coefficient (Wildman–Crippen LogP) is 6.02. The molecule has 1 atom stereocenters. The minimum atomic E-state index is -0.594. The van der Waals surface area contributed by atoms with Crippen LogP contribution in [0.25, 0.3) is 0 Å². The quantitative estimate of drug-likeness (QED) is 0.383. The third kappa shape index (κ3) is 4.83. The second-order valence-corrected chi connectivity index (χ2v) is 9.29. The number of rotatable bonds is 7. The number of thioether (sulfide) groups is 1. The molecule has 0 saturated heterocycles. The van der Waals surface area contributed by atoms with Gasteiger partial charge in [0.25, 0.3) is 5.91 Å². The predicted molar refractivity (Wildman–Crippen MR) is 134 cm³/mol. The van der Waals surface area contributed by atoms with Gasteiger partial charge in [-0.15, -0.1) is 5.10 Å². The number of hydrogen-bond acceptors (Lipinski definition) is 6. The molecule has 172 valence electrons. The van der Waals surface area contributed by atoms with E-state index in [9.17, 15) is 4.79 Å². The molecule has 0 bridgehead atoms. The van der Waals surface area contributed by atoms with Gasteiger partial charge in [0.2, 0.25) is 11.1 Å². The molecule has 0 spiro atoms. The Morgan fingerprint density at radius 2 is 2.03 bits per heavy atom. The van der Waals surface area contributed by atoms with Crippen molar-refractivity contribution in [2.45, 2.75) is 32.0 Å².